The van der Waals surface area contributed by atoms with Crippen LogP contribution < -0.4 is 10.1 Å². The van der Waals surface area contributed by atoms with Crippen molar-refractivity contribution >= 4 is 45.7 Å². The van der Waals surface area contributed by atoms with Gasteiger partial charge in [-0.2, -0.15) is 5.26 Å². The smallest absolute Gasteiger partial charge is 0.258 e. The number of carbonyl (C=O) groups is 1. The molecule has 3 aromatic rings. The summed E-state index contributed by atoms with van der Waals surface area (Å²) < 4.78 is 5.24. The van der Waals surface area contributed by atoms with E-state index in [9.17, 15) is 10.1 Å². The minimum Gasteiger partial charge on any atom is -0.494 e. The molecule has 0 aliphatic heterocycles. The van der Waals surface area contributed by atoms with Gasteiger partial charge < -0.3 is 10.1 Å². The van der Waals surface area contributed by atoms with Crippen LogP contribution in [0.15, 0.2) is 36.7 Å². The zero-order valence-corrected chi connectivity index (χ0v) is 14.4. The molecular weight excluding hydrogens is 363 g/mol. The van der Waals surface area contributed by atoms with Gasteiger partial charge in [0.1, 0.15) is 17.3 Å². The van der Waals surface area contributed by atoms with Crippen molar-refractivity contribution in [2.24, 2.45) is 0 Å². The number of nitrogens with one attached hydrogen (secondary N) is 1. The first-order chi connectivity index (χ1) is 12.0. The number of rotatable bonds is 3. The Kier molecular flexibility index (Phi) is 4.70. The predicted molar refractivity (Wildman–Crippen MR) is 95.2 cm³/mol. The number of para-hydroxylation sites is 1. The van der Waals surface area contributed by atoms with E-state index in [2.05, 4.69) is 15.3 Å². The molecule has 0 atom stereocenters. The summed E-state index contributed by atoms with van der Waals surface area (Å²) in [5.41, 5.74) is 0.791. The SMILES string of the molecule is COc1cccc2cc(C(=O)Nc3c(Cl)cncc3Cl)c(C#N)nc12. The van der Waals surface area contributed by atoms with E-state index in [0.717, 1.165) is 0 Å². The van der Waals surface area contributed by atoms with E-state index in [1.54, 1.807) is 24.3 Å². The first kappa shape index (κ1) is 17.0. The van der Waals surface area contributed by atoms with Crippen LogP contribution in [0.25, 0.3) is 10.9 Å². The number of aromatic nitrogens is 2. The van der Waals surface area contributed by atoms with Crippen molar-refractivity contribution in [2.75, 3.05) is 12.4 Å². The van der Waals surface area contributed by atoms with E-state index >= 15 is 0 Å². The molecule has 25 heavy (non-hydrogen) atoms. The number of fused-ring (bicyclic) bond motifs is 1. The average molecular weight is 373 g/mol. The van der Waals surface area contributed by atoms with Gasteiger partial charge in [0.25, 0.3) is 5.91 Å². The Morgan fingerprint density at radius 2 is 2.00 bits per heavy atom. The summed E-state index contributed by atoms with van der Waals surface area (Å²) in [6.45, 7) is 0. The lowest BCUT2D eigenvalue weighted by atomic mass is 10.1. The largest absolute Gasteiger partial charge is 0.494 e. The van der Waals surface area contributed by atoms with Crippen molar-refractivity contribution in [1.29, 1.82) is 5.26 Å². The molecule has 2 aromatic heterocycles. The molecule has 6 nitrogen and oxygen atoms in total. The highest BCUT2D eigenvalue weighted by molar-refractivity contribution is 6.39. The number of halogens is 2. The zero-order valence-electron chi connectivity index (χ0n) is 12.9. The molecule has 0 spiro atoms. The summed E-state index contributed by atoms with van der Waals surface area (Å²) in [5.74, 6) is -0.0371. The highest BCUT2D eigenvalue weighted by Crippen LogP contribution is 2.30. The first-order valence-electron chi connectivity index (χ1n) is 7.03. The van der Waals surface area contributed by atoms with Crippen LogP contribution >= 0.6 is 23.2 Å². The molecule has 3 rings (SSSR count). The minimum absolute atomic E-state index is 0.0317. The van der Waals surface area contributed by atoms with Crippen LogP contribution in [0, 0.1) is 11.3 Å². The van der Waals surface area contributed by atoms with Gasteiger partial charge in [0.2, 0.25) is 0 Å². The molecular formula is C17H10Cl2N4O2. The van der Waals surface area contributed by atoms with Crippen LogP contribution in [0.1, 0.15) is 16.1 Å². The fourth-order valence-corrected chi connectivity index (χ4v) is 2.77. The third kappa shape index (κ3) is 3.20. The maximum Gasteiger partial charge on any atom is 0.258 e. The van der Waals surface area contributed by atoms with E-state index < -0.39 is 5.91 Å². The number of carbonyl (C=O) groups excluding carboxylic acids is 1. The molecule has 0 bridgehead atoms. The van der Waals surface area contributed by atoms with E-state index in [0.29, 0.717) is 16.7 Å². The Labute approximate surface area is 153 Å². The van der Waals surface area contributed by atoms with Crippen LogP contribution in [-0.2, 0) is 0 Å². The van der Waals surface area contributed by atoms with Crippen LogP contribution in [0.5, 0.6) is 5.75 Å². The normalized spacial score (nSPS) is 10.3. The van der Waals surface area contributed by atoms with E-state index in [4.69, 9.17) is 27.9 Å². The molecule has 2 heterocycles. The maximum absolute atomic E-state index is 12.6. The number of nitriles is 1. The van der Waals surface area contributed by atoms with Crippen molar-refractivity contribution in [1.82, 2.24) is 9.97 Å². The van der Waals surface area contributed by atoms with Crippen LogP contribution in [0.2, 0.25) is 10.0 Å². The monoisotopic (exact) mass is 372 g/mol. The number of ether oxygens (including phenoxy) is 1. The third-order valence-corrected chi connectivity index (χ3v) is 4.04. The molecule has 1 aromatic carbocycles. The fourth-order valence-electron chi connectivity index (χ4n) is 2.31. The zero-order chi connectivity index (χ0) is 18.0. The number of methoxy groups -OCH3 is 1. The molecule has 0 radical (unpaired) electrons. The van der Waals surface area contributed by atoms with E-state index in [1.165, 1.54) is 19.5 Å². The number of nitrogens with zero attached hydrogens (tertiary/aromatic N) is 3. The molecule has 0 aliphatic rings. The Hall–Kier alpha value is -2.88. The van der Waals surface area contributed by atoms with Gasteiger partial charge in [-0.15, -0.1) is 0 Å². The Morgan fingerprint density at radius 1 is 1.28 bits per heavy atom. The molecule has 0 saturated heterocycles. The third-order valence-electron chi connectivity index (χ3n) is 3.47. The van der Waals surface area contributed by atoms with Gasteiger partial charge in [-0.05, 0) is 12.1 Å². The lowest BCUT2D eigenvalue weighted by Crippen LogP contribution is -2.15. The lowest BCUT2D eigenvalue weighted by molar-refractivity contribution is 0.102. The second-order valence-electron chi connectivity index (χ2n) is 4.96. The number of benzene rings is 1. The summed E-state index contributed by atoms with van der Waals surface area (Å²) in [7, 11) is 1.51. The van der Waals surface area contributed by atoms with Gasteiger partial charge in [0.05, 0.1) is 28.4 Å². The van der Waals surface area contributed by atoms with Crippen LogP contribution in [-0.4, -0.2) is 23.0 Å². The number of hydrogen-bond donors (Lipinski definition) is 1. The molecule has 124 valence electrons. The number of amides is 1. The summed E-state index contributed by atoms with van der Waals surface area (Å²) in [5, 5.41) is 13.0. The average Bonchev–Trinajstić information content (AvgIpc) is 2.62. The van der Waals surface area contributed by atoms with Gasteiger partial charge in [0.15, 0.2) is 5.69 Å². The van der Waals surface area contributed by atoms with Crippen molar-refractivity contribution < 1.29 is 9.53 Å². The molecule has 8 heteroatoms. The van der Waals surface area contributed by atoms with Crippen LogP contribution in [0.4, 0.5) is 5.69 Å². The number of hydrogen-bond acceptors (Lipinski definition) is 5. The summed E-state index contributed by atoms with van der Waals surface area (Å²) in [6.07, 6.45) is 2.72. The van der Waals surface area contributed by atoms with Gasteiger partial charge in [-0.25, -0.2) is 4.98 Å². The number of pyridine rings is 2. The van der Waals surface area contributed by atoms with Gasteiger partial charge in [-0.1, -0.05) is 35.3 Å². The molecule has 0 aliphatic carbocycles. The molecule has 0 saturated carbocycles. The standard InChI is InChI=1S/C17H10Cl2N4O2/c1-25-14-4-2-3-9-5-10(13(6-20)22-15(9)14)17(24)23-16-11(18)7-21-8-12(16)19/h2-5,7-8H,1H3,(H,21,23,24). The van der Waals surface area contributed by atoms with Crippen LogP contribution in [0.3, 0.4) is 0 Å². The van der Waals surface area contributed by atoms with Gasteiger partial charge >= 0.3 is 0 Å². The summed E-state index contributed by atoms with van der Waals surface area (Å²) in [6, 6.07) is 8.77. The van der Waals surface area contributed by atoms with Gasteiger partial charge in [-0.3, -0.25) is 9.78 Å². The summed E-state index contributed by atoms with van der Waals surface area (Å²) >= 11 is 12.0. The molecule has 1 amide bonds. The Morgan fingerprint density at radius 3 is 2.64 bits per heavy atom. The van der Waals surface area contributed by atoms with Crippen molar-refractivity contribution in [3.05, 3.63) is 58.0 Å². The van der Waals surface area contributed by atoms with Crippen molar-refractivity contribution in [3.8, 4) is 11.8 Å². The van der Waals surface area contributed by atoms with Crippen molar-refractivity contribution in [2.45, 2.75) is 0 Å². The number of anilines is 1. The van der Waals surface area contributed by atoms with Crippen molar-refractivity contribution in [3.63, 3.8) is 0 Å². The molecule has 1 N–H and O–H groups in total. The maximum atomic E-state index is 12.6. The fraction of sp³-hybridized carbons (Fsp3) is 0.0588. The minimum atomic E-state index is -0.552. The Bertz CT molecular complexity index is 1010. The lowest BCUT2D eigenvalue weighted by Gasteiger charge is -2.11. The highest BCUT2D eigenvalue weighted by atomic mass is 35.5. The van der Waals surface area contributed by atoms with E-state index in [1.807, 2.05) is 6.07 Å². The first-order valence-corrected chi connectivity index (χ1v) is 7.79. The highest BCUT2D eigenvalue weighted by Gasteiger charge is 2.18. The second-order valence-corrected chi connectivity index (χ2v) is 5.78. The van der Waals surface area contributed by atoms with Gasteiger partial charge in [0, 0.05) is 17.8 Å². The topological polar surface area (TPSA) is 87.9 Å². The molecule has 0 unspecified atom stereocenters. The second kappa shape index (κ2) is 6.93. The summed E-state index contributed by atoms with van der Waals surface area (Å²) in [4.78, 5) is 20.7. The predicted octanol–water partition coefficient (Wildman–Crippen LogP) is 4.07. The molecule has 0 fully saturated rings. The quantitative estimate of drug-likeness (QED) is 0.748. The Balaban J connectivity index is 2.09. The van der Waals surface area contributed by atoms with E-state index in [-0.39, 0.29) is 27.0 Å².